The van der Waals surface area contributed by atoms with Gasteiger partial charge in [-0.05, 0) is 18.2 Å². The average molecular weight is 299 g/mol. The fourth-order valence-corrected chi connectivity index (χ4v) is 2.26. The Kier molecular flexibility index (Phi) is 3.56. The molecule has 0 bridgehead atoms. The number of nitrogens with one attached hydrogen (secondary N) is 1. The van der Waals surface area contributed by atoms with Gasteiger partial charge in [0.1, 0.15) is 5.82 Å². The molecule has 0 saturated carbocycles. The zero-order valence-electron chi connectivity index (χ0n) is 9.19. The lowest BCUT2D eigenvalue weighted by atomic mass is 10.0. The molecule has 17 heavy (non-hydrogen) atoms. The van der Waals surface area contributed by atoms with Crippen molar-refractivity contribution in [3.05, 3.63) is 52.0 Å². The molecule has 0 radical (unpaired) electrons. The van der Waals surface area contributed by atoms with E-state index in [1.54, 1.807) is 36.1 Å². The summed E-state index contributed by atoms with van der Waals surface area (Å²) in [4.78, 5) is 0. The Hall–Kier alpha value is -1.24. The lowest BCUT2D eigenvalue weighted by Crippen LogP contribution is -2.30. The van der Waals surface area contributed by atoms with Gasteiger partial charge in [0.15, 0.2) is 0 Å². The summed E-state index contributed by atoms with van der Waals surface area (Å²) in [6.07, 6.45) is 1.79. The van der Waals surface area contributed by atoms with E-state index in [9.17, 15) is 4.39 Å². The lowest BCUT2D eigenvalue weighted by Gasteiger charge is -2.16. The first-order chi connectivity index (χ1) is 8.13. The molecule has 0 fully saturated rings. The third-order valence-corrected chi connectivity index (χ3v) is 3.18. The van der Waals surface area contributed by atoms with Crippen LogP contribution in [0.2, 0.25) is 0 Å². The molecule has 0 saturated heterocycles. The van der Waals surface area contributed by atoms with Crippen LogP contribution < -0.4 is 11.3 Å². The molecule has 1 aromatic heterocycles. The van der Waals surface area contributed by atoms with Gasteiger partial charge in [-0.1, -0.05) is 22.0 Å². The summed E-state index contributed by atoms with van der Waals surface area (Å²) in [7, 11) is 1.80. The van der Waals surface area contributed by atoms with E-state index in [2.05, 4.69) is 26.5 Å². The Morgan fingerprint density at radius 1 is 1.47 bits per heavy atom. The number of aryl methyl sites for hydroxylation is 1. The second-order valence-electron chi connectivity index (χ2n) is 3.65. The Bertz CT molecular complexity index is 506. The van der Waals surface area contributed by atoms with Gasteiger partial charge >= 0.3 is 0 Å². The first kappa shape index (κ1) is 12.2. The molecule has 3 N–H and O–H groups in total. The maximum Gasteiger partial charge on any atom is 0.129 e. The number of rotatable bonds is 3. The zero-order valence-corrected chi connectivity index (χ0v) is 10.8. The number of halogens is 2. The van der Waals surface area contributed by atoms with Crippen molar-refractivity contribution in [2.24, 2.45) is 12.9 Å². The number of benzene rings is 1. The second kappa shape index (κ2) is 4.95. The zero-order chi connectivity index (χ0) is 12.4. The van der Waals surface area contributed by atoms with Crippen molar-refractivity contribution in [2.75, 3.05) is 0 Å². The molecule has 1 heterocycles. The van der Waals surface area contributed by atoms with Crippen molar-refractivity contribution in [3.63, 3.8) is 0 Å². The van der Waals surface area contributed by atoms with Gasteiger partial charge in [0.05, 0.1) is 11.7 Å². The minimum absolute atomic E-state index is 0.326. The topological polar surface area (TPSA) is 55.9 Å². The fraction of sp³-hybridized carbons (Fsp3) is 0.182. The van der Waals surface area contributed by atoms with E-state index in [4.69, 9.17) is 5.84 Å². The van der Waals surface area contributed by atoms with E-state index in [1.807, 2.05) is 0 Å². The van der Waals surface area contributed by atoms with Gasteiger partial charge in [-0.2, -0.15) is 5.10 Å². The van der Waals surface area contributed by atoms with E-state index in [1.165, 1.54) is 6.07 Å². The average Bonchev–Trinajstić information content (AvgIpc) is 2.70. The first-order valence-corrected chi connectivity index (χ1v) is 5.82. The predicted molar refractivity (Wildman–Crippen MR) is 66.5 cm³/mol. The van der Waals surface area contributed by atoms with Crippen molar-refractivity contribution in [1.29, 1.82) is 0 Å². The molecule has 2 aromatic rings. The van der Waals surface area contributed by atoms with Crippen LogP contribution in [-0.4, -0.2) is 9.78 Å². The Morgan fingerprint density at radius 3 is 2.76 bits per heavy atom. The molecule has 6 heteroatoms. The van der Waals surface area contributed by atoms with E-state index in [0.29, 0.717) is 15.7 Å². The standard InChI is InChI=1S/C11H12BrFN4/c1-17-6-5-9(16-17)11(15-14)10-7(12)3-2-4-8(10)13/h2-6,11,15H,14H2,1H3. The largest absolute Gasteiger partial charge is 0.275 e. The number of nitrogens with two attached hydrogens (primary N) is 1. The molecular weight excluding hydrogens is 287 g/mol. The summed E-state index contributed by atoms with van der Waals surface area (Å²) in [6, 6.07) is 6.11. The van der Waals surface area contributed by atoms with Crippen LogP contribution in [0.1, 0.15) is 17.3 Å². The summed E-state index contributed by atoms with van der Waals surface area (Å²) < 4.78 is 16.1. The van der Waals surface area contributed by atoms with Crippen molar-refractivity contribution >= 4 is 15.9 Å². The minimum Gasteiger partial charge on any atom is -0.275 e. The Balaban J connectivity index is 2.49. The summed E-state index contributed by atoms with van der Waals surface area (Å²) in [5.74, 6) is 5.17. The van der Waals surface area contributed by atoms with Gasteiger partial charge in [0.2, 0.25) is 0 Å². The van der Waals surface area contributed by atoms with Gasteiger partial charge in [-0.3, -0.25) is 10.5 Å². The smallest absolute Gasteiger partial charge is 0.129 e. The number of hydrazine groups is 1. The molecule has 1 unspecified atom stereocenters. The highest BCUT2D eigenvalue weighted by atomic mass is 79.9. The van der Waals surface area contributed by atoms with E-state index < -0.39 is 6.04 Å². The third-order valence-electron chi connectivity index (χ3n) is 2.49. The van der Waals surface area contributed by atoms with Gasteiger partial charge in [-0.25, -0.2) is 9.82 Å². The van der Waals surface area contributed by atoms with Gasteiger partial charge < -0.3 is 0 Å². The number of hydrogen-bond acceptors (Lipinski definition) is 3. The van der Waals surface area contributed by atoms with Crippen LogP contribution in [-0.2, 0) is 7.05 Å². The van der Waals surface area contributed by atoms with Crippen molar-refractivity contribution in [1.82, 2.24) is 15.2 Å². The van der Waals surface area contributed by atoms with Crippen LogP contribution in [0.4, 0.5) is 4.39 Å². The highest BCUT2D eigenvalue weighted by molar-refractivity contribution is 9.10. The fourth-order valence-electron chi connectivity index (χ4n) is 1.69. The first-order valence-electron chi connectivity index (χ1n) is 5.03. The maximum absolute atomic E-state index is 13.8. The molecule has 0 spiro atoms. The molecular formula is C11H12BrFN4. The molecule has 0 aliphatic rings. The summed E-state index contributed by atoms with van der Waals surface area (Å²) in [6.45, 7) is 0. The van der Waals surface area contributed by atoms with Crippen LogP contribution >= 0.6 is 15.9 Å². The van der Waals surface area contributed by atoms with Crippen LogP contribution in [0.15, 0.2) is 34.9 Å². The van der Waals surface area contributed by atoms with Gasteiger partial charge in [-0.15, -0.1) is 0 Å². The van der Waals surface area contributed by atoms with Crippen LogP contribution in [0, 0.1) is 5.82 Å². The number of aromatic nitrogens is 2. The molecule has 1 atom stereocenters. The van der Waals surface area contributed by atoms with Crippen LogP contribution in [0.3, 0.4) is 0 Å². The van der Waals surface area contributed by atoms with Crippen LogP contribution in [0.25, 0.3) is 0 Å². The summed E-state index contributed by atoms with van der Waals surface area (Å²) >= 11 is 3.32. The molecule has 90 valence electrons. The van der Waals surface area contributed by atoms with Crippen molar-refractivity contribution < 1.29 is 4.39 Å². The monoisotopic (exact) mass is 298 g/mol. The van der Waals surface area contributed by atoms with Crippen molar-refractivity contribution in [3.8, 4) is 0 Å². The number of hydrogen-bond donors (Lipinski definition) is 2. The van der Waals surface area contributed by atoms with E-state index in [0.717, 1.165) is 0 Å². The molecule has 4 nitrogen and oxygen atoms in total. The molecule has 0 aliphatic heterocycles. The Morgan fingerprint density at radius 2 is 2.24 bits per heavy atom. The predicted octanol–water partition coefficient (Wildman–Crippen LogP) is 1.87. The van der Waals surface area contributed by atoms with E-state index >= 15 is 0 Å². The van der Waals surface area contributed by atoms with Crippen LogP contribution in [0.5, 0.6) is 0 Å². The van der Waals surface area contributed by atoms with Gasteiger partial charge in [0.25, 0.3) is 0 Å². The number of nitrogens with zero attached hydrogens (tertiary/aromatic N) is 2. The molecule has 0 aliphatic carbocycles. The SMILES string of the molecule is Cn1ccc(C(NN)c2c(F)cccc2Br)n1. The highest BCUT2D eigenvalue weighted by Gasteiger charge is 2.21. The second-order valence-corrected chi connectivity index (χ2v) is 4.50. The highest BCUT2D eigenvalue weighted by Crippen LogP contribution is 2.29. The summed E-state index contributed by atoms with van der Waals surface area (Å²) in [5.41, 5.74) is 3.70. The van der Waals surface area contributed by atoms with E-state index in [-0.39, 0.29) is 5.82 Å². The quantitative estimate of drug-likeness (QED) is 0.672. The Labute approximate surface area is 107 Å². The van der Waals surface area contributed by atoms with Gasteiger partial charge in [0, 0.05) is 23.3 Å². The molecule has 0 amide bonds. The maximum atomic E-state index is 13.8. The minimum atomic E-state index is -0.480. The normalized spacial score (nSPS) is 12.7. The van der Waals surface area contributed by atoms with Crippen molar-refractivity contribution in [2.45, 2.75) is 6.04 Å². The lowest BCUT2D eigenvalue weighted by molar-refractivity contribution is 0.545. The molecule has 1 aromatic carbocycles. The molecule has 2 rings (SSSR count). The third kappa shape index (κ3) is 2.38. The summed E-state index contributed by atoms with van der Waals surface area (Å²) in [5, 5.41) is 4.23.